The molecule has 0 radical (unpaired) electrons. The van der Waals surface area contributed by atoms with Gasteiger partial charge in [0.25, 0.3) is 23.1 Å². The van der Waals surface area contributed by atoms with Crippen molar-refractivity contribution in [1.82, 2.24) is 37.2 Å². The minimum Gasteiger partial charge on any atom is -1.00 e. The number of aliphatic carboxylic acids is 1. The van der Waals surface area contributed by atoms with Crippen LogP contribution < -0.4 is 197 Å². The number of aliphatic hydroxyl groups is 3. The van der Waals surface area contributed by atoms with Crippen LogP contribution in [0.15, 0.2) is 48.5 Å². The van der Waals surface area contributed by atoms with Gasteiger partial charge in [-0.15, -0.1) is 82.2 Å². The molecular weight excluding hydrogens is 2130 g/mol. The molecule has 0 aromatic heterocycles. The van der Waals surface area contributed by atoms with Crippen molar-refractivity contribution in [2.24, 2.45) is 0 Å². The summed E-state index contributed by atoms with van der Waals surface area (Å²) in [6.45, 7) is 62.3. The maximum atomic E-state index is 12.1. The Morgan fingerprint density at radius 1 is 0.490 bits per heavy atom. The van der Waals surface area contributed by atoms with Gasteiger partial charge in [-0.3, -0.25) is 39.4 Å². The standard InChI is InChI=1S/C16H21ClN2O6.C14H27NO3Si.C11H19NO3.C9H18ClNO3.C9H16ClNO3.C9H17NO4.C9H17NO3.C7H4ClNO3.C5H10Si.C2H3ClO2.CH2O3.3K.H2O.H/c1-10(18-15(21)25-16(2,3)4)13(9-17)24-14(20)11-5-7-12(8-6-11)19(22)23;1-11(15-13(17)18-14(2,3)4)12(16)9-8-10-19(5,6)7;1-6-7-9(13)8(2)12-10(14)15-11(3,4)5;2*1-6(7(12)5-10)11-8(13)14-9(2,3)4;1-6(7(11)13-5)10-8(12)14-9(2,3)4;1-6(7-5-12-7)10-8(11)13-9(2,3)4;8-7(10)5-1-3-6(4-2-5)9(11)12;1-5-6(2,3)4;3-1-2(4)5;2-1-4-3;;;;;/h5-8,10,13H,9H2,1-4H3,(H,18,21);11-12,16H,9H2,1-7H3,(H,15,17);1,8-9,13H,7H2,2-5H3,(H,12,14);6-7,12H,5H2,1-4H3,(H,11,13);6H,5H2,1-4H3,(H,11,13);6H,1-5H3,(H,10,12);6-7H,5H2,1-4H3,(H,10,11);1-4H;1H,2-4H3;1H2,(H,4,5);1,3H;;;;1H2;/q;;;;;;;;;;;3*+1;;-1/p-2/t10-,13-;11-,12-;8-,9-;6-,7-;2*6-;6-,7-;;;;;;;;;/m0000000........./s1. The zero-order valence-corrected chi connectivity index (χ0v) is 106. The van der Waals surface area contributed by atoms with E-state index < -0.39 is 180 Å². The average Bonchev–Trinajstić information content (AvgIpc) is 1.86. The van der Waals surface area contributed by atoms with Gasteiger partial charge in [0.2, 0.25) is 0 Å². The fourth-order valence-corrected chi connectivity index (χ4v) is 9.21. The Bertz CT molecular complexity index is 4200. The van der Waals surface area contributed by atoms with Gasteiger partial charge in [0, 0.05) is 42.7 Å². The van der Waals surface area contributed by atoms with Crippen molar-refractivity contribution < 1.29 is 311 Å². The van der Waals surface area contributed by atoms with E-state index >= 15 is 0 Å². The fourth-order valence-electron chi connectivity index (χ4n) is 7.62. The molecule has 1 saturated heterocycles. The number of benzene rings is 2. The number of hydrogen-bond donors (Lipinski definition) is 11. The van der Waals surface area contributed by atoms with Gasteiger partial charge < -0.3 is 122 Å². The molecule has 145 heavy (non-hydrogen) atoms. The second-order valence-corrected chi connectivity index (χ2v) is 50.1. The van der Waals surface area contributed by atoms with Crippen molar-refractivity contribution in [1.29, 1.82) is 0 Å². The van der Waals surface area contributed by atoms with Crippen LogP contribution in [0, 0.1) is 56.0 Å². The summed E-state index contributed by atoms with van der Waals surface area (Å²) in [6, 6.07) is 7.00. The summed E-state index contributed by atoms with van der Waals surface area (Å²) in [5, 5.41) is 82.4. The number of terminal acetylenes is 2. The first-order valence-electron chi connectivity index (χ1n) is 43.4. The van der Waals surface area contributed by atoms with E-state index in [9.17, 15) is 93.1 Å². The smallest absolute Gasteiger partial charge is 1.00 e. The second-order valence-electron chi connectivity index (χ2n) is 39.0. The molecule has 12 N–H and O–H groups in total. The molecule has 0 saturated carbocycles. The van der Waals surface area contributed by atoms with E-state index in [0.717, 1.165) is 6.61 Å². The van der Waals surface area contributed by atoms with Crippen molar-refractivity contribution in [2.75, 3.05) is 37.2 Å². The number of amides is 7. The summed E-state index contributed by atoms with van der Waals surface area (Å²) in [5.41, 5.74) is 2.30. The van der Waals surface area contributed by atoms with Gasteiger partial charge >= 0.3 is 215 Å². The van der Waals surface area contributed by atoms with Crippen molar-refractivity contribution in [2.45, 2.75) is 358 Å². The molecular formula is C92H155Cl5K3N9O34Si2. The van der Waals surface area contributed by atoms with Gasteiger partial charge in [-0.2, -0.15) is 0 Å². The van der Waals surface area contributed by atoms with Crippen LogP contribution in [0.25, 0.3) is 0 Å². The summed E-state index contributed by atoms with van der Waals surface area (Å²) in [5.74, 6) is 2.52. The Balaban J connectivity index is -0.000000124. The van der Waals surface area contributed by atoms with Crippen LogP contribution in [-0.4, -0.2) is 279 Å². The maximum absolute atomic E-state index is 12.1. The number of nitro benzene ring substituents is 2. The van der Waals surface area contributed by atoms with E-state index in [4.69, 9.17) is 129 Å². The Morgan fingerprint density at radius 2 is 0.766 bits per heavy atom. The van der Waals surface area contributed by atoms with E-state index in [-0.39, 0.29) is 250 Å². The Morgan fingerprint density at radius 3 is 1.00 bits per heavy atom. The topological polar surface area (TPSA) is 631 Å². The van der Waals surface area contributed by atoms with Gasteiger partial charge in [-0.1, -0.05) is 39.3 Å². The summed E-state index contributed by atoms with van der Waals surface area (Å²) in [4.78, 5) is 164. The number of carbonyl (C=O) groups is 13. The number of alkyl halides is 4. The number of hydrogen-bond acceptors (Lipinski definition) is 33. The van der Waals surface area contributed by atoms with E-state index in [1.807, 2.05) is 27.7 Å². The normalized spacial score (nSPS) is 13.6. The molecule has 0 unspecified atom stereocenters. The van der Waals surface area contributed by atoms with Gasteiger partial charge in [0.1, 0.15) is 79.5 Å². The van der Waals surface area contributed by atoms with Crippen LogP contribution in [0.3, 0.4) is 0 Å². The van der Waals surface area contributed by atoms with Gasteiger partial charge in [-0.05, 0) is 230 Å². The number of methoxy groups -OCH3 is 1. The molecule has 2 aromatic carbocycles. The first-order valence-corrected chi connectivity index (χ1v) is 53.0. The third-order valence-electron chi connectivity index (χ3n) is 14.4. The number of carboxylic acid groups (broad SMARTS) is 1. The number of non-ortho nitro benzene ring substituents is 2. The summed E-state index contributed by atoms with van der Waals surface area (Å²) in [6.07, 6.45) is 4.04. The van der Waals surface area contributed by atoms with E-state index in [2.05, 4.69) is 109 Å². The van der Waals surface area contributed by atoms with Crippen LogP contribution in [-0.2, 0) is 71.4 Å². The first-order chi connectivity index (χ1) is 63.7. The third-order valence-corrected chi connectivity index (χ3v) is 17.6. The maximum Gasteiger partial charge on any atom is 1.00 e. The number of esters is 2. The Labute approximate surface area is 1010 Å². The molecule has 818 valence electrons. The minimum atomic E-state index is -1.41. The molecule has 43 nitrogen and oxygen atoms in total. The molecule has 0 spiro atoms. The minimum absolute atomic E-state index is 0. The number of nitrogens with zero attached hydrogens (tertiary/aromatic N) is 2. The van der Waals surface area contributed by atoms with E-state index in [1.165, 1.54) is 62.6 Å². The molecule has 3 rings (SSSR count). The molecule has 1 fully saturated rings. The predicted molar refractivity (Wildman–Crippen MR) is 544 cm³/mol. The molecule has 1 heterocycles. The number of carboxylic acids is 1. The van der Waals surface area contributed by atoms with Crippen LogP contribution in [0.1, 0.15) is 229 Å². The van der Waals surface area contributed by atoms with Crippen LogP contribution in [0.2, 0.25) is 39.3 Å². The van der Waals surface area contributed by atoms with Gasteiger partial charge in [-0.25, -0.2) is 43.2 Å². The molecule has 2 aromatic rings. The molecule has 0 aliphatic carbocycles. The monoisotopic (exact) mass is 2280 g/mol. The number of nitro groups is 2. The number of ether oxygens (including phenoxy) is 10. The number of aliphatic hydroxyl groups excluding tert-OH is 3. The number of halogens is 5. The van der Waals surface area contributed by atoms with Crippen molar-refractivity contribution >= 4 is 164 Å². The van der Waals surface area contributed by atoms with Crippen LogP contribution >= 0.6 is 58.0 Å². The molecule has 12 atom stereocenters. The largest absolute Gasteiger partial charge is 1.00 e. The molecule has 53 heteroatoms. The van der Waals surface area contributed by atoms with Crippen LogP contribution in [0.4, 0.5) is 44.9 Å². The molecule has 7 amide bonds. The zero-order chi connectivity index (χ0) is 113. The van der Waals surface area contributed by atoms with Crippen LogP contribution in [0.5, 0.6) is 0 Å². The number of ketones is 1. The number of nitrogens with one attached hydrogen (secondary N) is 7. The second kappa shape index (κ2) is 84.1. The fraction of sp³-hybridized carbons (Fsp3) is 0.663. The summed E-state index contributed by atoms with van der Waals surface area (Å²) in [7, 11) is -1.25. The zero-order valence-electron chi connectivity index (χ0n) is 92.1. The van der Waals surface area contributed by atoms with E-state index in [0.29, 0.717) is 6.42 Å². The SMILES string of the molecule is C#CC[C@H](O)[C@H](C)NC(=O)OC(C)(C)C.C#C[Si](C)(C)C.COC(=O)[C@H](C)NC(=O)OC(C)(C)C.C[C@H](NC(=O)OC(C)(C)C)C(=O)CCl.C[C@H](NC(=O)OC(C)(C)C)[C@@H](O)CC#C[Si](C)(C)C.C[C@H](NC(=O)OC(C)(C)C)[C@@H](O)CCl.C[C@H](NC(=O)OC(C)(C)C)[C@@H]1CO1.C[C@H](NC(=O)OC(C)(C)C)[C@H](CCl)OC(=O)c1ccc([N+](=O)[O-])cc1.O=C(Cl)c1ccc([N+](=O)[O-])cc1.O=C(O)CCl.O=CO[O-].[H-].[K+].[K+].[K+].[OH-]. The van der Waals surface area contributed by atoms with Crippen molar-refractivity contribution in [3.8, 4) is 35.8 Å². The summed E-state index contributed by atoms with van der Waals surface area (Å²) >= 11 is 26.4. The number of alkyl carbamates (subject to hydrolysis) is 7. The Hall–Kier alpha value is -5.42. The molecule has 1 aliphatic heterocycles. The molecule has 1 aliphatic rings. The third kappa shape index (κ3) is 111. The number of rotatable bonds is 26. The Kier molecular flexibility index (Phi) is 95.6. The average molecular weight is 2280 g/mol. The number of Topliss-reactive ketones (excluding diaryl/α,β-unsaturated/α-hetero) is 1. The van der Waals surface area contributed by atoms with Gasteiger partial charge in [0.05, 0.1) is 101 Å². The predicted octanol–water partition coefficient (Wildman–Crippen LogP) is 5.83. The quantitative estimate of drug-likeness (QED) is 0.00451. The van der Waals surface area contributed by atoms with Crippen molar-refractivity contribution in [3.05, 3.63) is 79.9 Å². The first kappa shape index (κ1) is 165. The molecule has 0 bridgehead atoms. The summed E-state index contributed by atoms with van der Waals surface area (Å²) < 4.78 is 50.0. The van der Waals surface area contributed by atoms with E-state index in [1.54, 1.807) is 159 Å². The number of carbonyl (C=O) groups excluding carboxylic acids is 12. The van der Waals surface area contributed by atoms with Crippen molar-refractivity contribution in [3.63, 3.8) is 0 Å². The number of epoxide rings is 1. The van der Waals surface area contributed by atoms with Gasteiger partial charge in [0.15, 0.2) is 5.78 Å².